The highest BCUT2D eigenvalue weighted by Gasteiger charge is 2.12. The van der Waals surface area contributed by atoms with Crippen molar-refractivity contribution in [3.05, 3.63) is 41.2 Å². The molecule has 0 bridgehead atoms. The maximum atomic E-state index is 12.2. The van der Waals surface area contributed by atoms with Crippen LogP contribution in [0.2, 0.25) is 0 Å². The number of benzene rings is 1. The lowest BCUT2D eigenvalue weighted by Crippen LogP contribution is -2.14. The van der Waals surface area contributed by atoms with E-state index in [1.165, 1.54) is 18.7 Å². The van der Waals surface area contributed by atoms with Crippen molar-refractivity contribution in [2.45, 2.75) is 32.9 Å². The van der Waals surface area contributed by atoms with Crippen LogP contribution in [0.25, 0.3) is 5.78 Å². The van der Waals surface area contributed by atoms with Gasteiger partial charge in [0.2, 0.25) is 17.0 Å². The first-order valence-corrected chi connectivity index (χ1v) is 9.33. The molecule has 2 heterocycles. The minimum atomic E-state index is -0.164. The second-order valence-electron chi connectivity index (χ2n) is 6.11. The van der Waals surface area contributed by atoms with Gasteiger partial charge in [-0.1, -0.05) is 11.8 Å². The molecule has 0 spiro atoms. The zero-order chi connectivity index (χ0) is 19.6. The van der Waals surface area contributed by atoms with E-state index in [-0.39, 0.29) is 17.6 Å². The number of rotatable bonds is 5. The summed E-state index contributed by atoms with van der Waals surface area (Å²) in [5.41, 5.74) is 4.31. The van der Waals surface area contributed by atoms with Gasteiger partial charge in [-0.3, -0.25) is 9.59 Å². The van der Waals surface area contributed by atoms with Crippen LogP contribution < -0.4 is 10.6 Å². The summed E-state index contributed by atoms with van der Waals surface area (Å²) in [6.45, 7) is 7.35. The van der Waals surface area contributed by atoms with E-state index < -0.39 is 0 Å². The van der Waals surface area contributed by atoms with Crippen LogP contribution in [0.4, 0.5) is 11.4 Å². The zero-order valence-corrected chi connectivity index (χ0v) is 16.3. The molecule has 0 aliphatic heterocycles. The molecule has 0 unspecified atom stereocenters. The number of fused-ring (bicyclic) bond motifs is 1. The Morgan fingerprint density at radius 2 is 1.67 bits per heavy atom. The SMILES string of the molecule is CC(=O)Nc1ccc(NC(=O)CSc2nc3nc(C)c(C)c(C)n3n2)cc1. The van der Waals surface area contributed by atoms with Crippen molar-refractivity contribution in [2.24, 2.45) is 0 Å². The summed E-state index contributed by atoms with van der Waals surface area (Å²) >= 11 is 1.25. The summed E-state index contributed by atoms with van der Waals surface area (Å²) in [4.78, 5) is 32.0. The van der Waals surface area contributed by atoms with Crippen LogP contribution in [-0.2, 0) is 9.59 Å². The first-order chi connectivity index (χ1) is 12.8. The molecule has 0 fully saturated rings. The third-order valence-electron chi connectivity index (χ3n) is 4.06. The molecule has 0 saturated carbocycles. The number of hydrogen-bond acceptors (Lipinski definition) is 6. The van der Waals surface area contributed by atoms with Gasteiger partial charge in [-0.15, -0.1) is 5.10 Å². The van der Waals surface area contributed by atoms with Crippen LogP contribution in [0.5, 0.6) is 0 Å². The summed E-state index contributed by atoms with van der Waals surface area (Å²) in [7, 11) is 0. The number of carbonyl (C=O) groups excluding carboxylic acids is 2. The van der Waals surface area contributed by atoms with Crippen LogP contribution in [0, 0.1) is 20.8 Å². The fourth-order valence-corrected chi connectivity index (χ4v) is 3.08. The van der Waals surface area contributed by atoms with Gasteiger partial charge in [0.1, 0.15) is 0 Å². The number of aromatic nitrogens is 4. The van der Waals surface area contributed by atoms with Crippen molar-refractivity contribution in [2.75, 3.05) is 16.4 Å². The average Bonchev–Trinajstić information content (AvgIpc) is 3.02. The Morgan fingerprint density at radius 1 is 1.04 bits per heavy atom. The molecule has 0 saturated heterocycles. The number of amides is 2. The number of nitrogens with zero attached hydrogens (tertiary/aromatic N) is 4. The van der Waals surface area contributed by atoms with Crippen LogP contribution >= 0.6 is 11.8 Å². The van der Waals surface area contributed by atoms with Gasteiger partial charge >= 0.3 is 0 Å². The van der Waals surface area contributed by atoms with E-state index in [1.54, 1.807) is 28.8 Å². The van der Waals surface area contributed by atoms with Gasteiger partial charge < -0.3 is 10.6 Å². The number of aryl methyl sites for hydroxylation is 2. The molecular weight excluding hydrogens is 364 g/mol. The van der Waals surface area contributed by atoms with Gasteiger partial charge in [0.25, 0.3) is 5.78 Å². The van der Waals surface area contributed by atoms with Gasteiger partial charge in [0.05, 0.1) is 5.75 Å². The highest BCUT2D eigenvalue weighted by molar-refractivity contribution is 7.99. The zero-order valence-electron chi connectivity index (χ0n) is 15.5. The Hall–Kier alpha value is -2.94. The number of nitrogens with one attached hydrogen (secondary N) is 2. The molecule has 9 heteroatoms. The summed E-state index contributed by atoms with van der Waals surface area (Å²) in [6.07, 6.45) is 0. The second-order valence-corrected chi connectivity index (χ2v) is 7.05. The first-order valence-electron chi connectivity index (χ1n) is 8.34. The predicted octanol–water partition coefficient (Wildman–Crippen LogP) is 2.74. The smallest absolute Gasteiger partial charge is 0.253 e. The summed E-state index contributed by atoms with van der Waals surface area (Å²) in [6, 6.07) is 6.92. The van der Waals surface area contributed by atoms with Gasteiger partial charge in [0, 0.05) is 29.7 Å². The first kappa shape index (κ1) is 18.8. The molecule has 3 aromatic rings. The number of hydrogen-bond donors (Lipinski definition) is 2. The number of carbonyl (C=O) groups is 2. The fourth-order valence-electron chi connectivity index (χ4n) is 2.47. The molecule has 2 amide bonds. The average molecular weight is 384 g/mol. The fraction of sp³-hybridized carbons (Fsp3) is 0.278. The third kappa shape index (κ3) is 4.43. The van der Waals surface area contributed by atoms with Crippen molar-refractivity contribution >= 4 is 40.7 Å². The lowest BCUT2D eigenvalue weighted by Gasteiger charge is -2.06. The Balaban J connectivity index is 1.61. The van der Waals surface area contributed by atoms with Crippen LogP contribution in [0.15, 0.2) is 29.4 Å². The van der Waals surface area contributed by atoms with Crippen molar-refractivity contribution in [3.63, 3.8) is 0 Å². The van der Waals surface area contributed by atoms with E-state index in [9.17, 15) is 9.59 Å². The third-order valence-corrected chi connectivity index (χ3v) is 4.90. The Morgan fingerprint density at radius 3 is 2.30 bits per heavy atom. The van der Waals surface area contributed by atoms with Crippen LogP contribution in [-0.4, -0.2) is 37.1 Å². The Kier molecular flexibility index (Phi) is 5.41. The number of anilines is 2. The second kappa shape index (κ2) is 7.75. The lowest BCUT2D eigenvalue weighted by molar-refractivity contribution is -0.114. The van der Waals surface area contributed by atoms with E-state index in [2.05, 4.69) is 25.7 Å². The number of thioether (sulfide) groups is 1. The van der Waals surface area contributed by atoms with Gasteiger partial charge in [0.15, 0.2) is 0 Å². The normalized spacial score (nSPS) is 10.8. The molecule has 2 N–H and O–H groups in total. The maximum Gasteiger partial charge on any atom is 0.253 e. The van der Waals surface area contributed by atoms with Gasteiger partial charge in [-0.05, 0) is 50.6 Å². The Labute approximate surface area is 160 Å². The van der Waals surface area contributed by atoms with Crippen LogP contribution in [0.1, 0.15) is 23.9 Å². The molecule has 8 nitrogen and oxygen atoms in total. The molecule has 0 atom stereocenters. The minimum absolute atomic E-state index is 0.141. The highest BCUT2D eigenvalue weighted by atomic mass is 32.2. The summed E-state index contributed by atoms with van der Waals surface area (Å²) in [5, 5.41) is 10.4. The van der Waals surface area contributed by atoms with Gasteiger partial charge in [-0.25, -0.2) is 9.50 Å². The van der Waals surface area contributed by atoms with E-state index in [1.807, 2.05) is 20.8 Å². The molecule has 0 radical (unpaired) electrons. The van der Waals surface area contributed by atoms with Crippen molar-refractivity contribution in [1.82, 2.24) is 19.6 Å². The van der Waals surface area contributed by atoms with Gasteiger partial charge in [-0.2, -0.15) is 4.98 Å². The molecule has 0 aliphatic carbocycles. The highest BCUT2D eigenvalue weighted by Crippen LogP contribution is 2.18. The lowest BCUT2D eigenvalue weighted by atomic mass is 10.2. The topological polar surface area (TPSA) is 101 Å². The summed E-state index contributed by atoms with van der Waals surface area (Å²) < 4.78 is 1.70. The van der Waals surface area contributed by atoms with E-state index >= 15 is 0 Å². The van der Waals surface area contributed by atoms with Crippen molar-refractivity contribution in [1.29, 1.82) is 0 Å². The van der Waals surface area contributed by atoms with E-state index in [0.29, 0.717) is 22.3 Å². The van der Waals surface area contributed by atoms with Crippen molar-refractivity contribution < 1.29 is 9.59 Å². The standard InChI is InChI=1S/C18H20N6O2S/c1-10-11(2)19-17-22-18(23-24(17)12(10)3)27-9-16(26)21-15-7-5-14(6-8-15)20-13(4)25/h5-8H,9H2,1-4H3,(H,20,25)(H,21,26). The monoisotopic (exact) mass is 384 g/mol. The predicted molar refractivity (Wildman–Crippen MR) is 105 cm³/mol. The van der Waals surface area contributed by atoms with Crippen LogP contribution in [0.3, 0.4) is 0 Å². The maximum absolute atomic E-state index is 12.2. The molecular formula is C18H20N6O2S. The van der Waals surface area contributed by atoms with Crippen molar-refractivity contribution in [3.8, 4) is 0 Å². The molecule has 3 rings (SSSR count). The largest absolute Gasteiger partial charge is 0.326 e. The molecule has 2 aromatic heterocycles. The molecule has 1 aromatic carbocycles. The minimum Gasteiger partial charge on any atom is -0.326 e. The van der Waals surface area contributed by atoms with E-state index in [4.69, 9.17) is 0 Å². The quantitative estimate of drug-likeness (QED) is 0.656. The Bertz CT molecular complexity index is 1010. The molecule has 140 valence electrons. The van der Waals surface area contributed by atoms with E-state index in [0.717, 1.165) is 17.0 Å². The summed E-state index contributed by atoms with van der Waals surface area (Å²) in [5.74, 6) is 0.412. The molecule has 0 aliphatic rings. The molecule has 27 heavy (non-hydrogen) atoms.